The second-order valence-corrected chi connectivity index (χ2v) is 4.82. The minimum Gasteiger partial charge on any atom is -0.357 e. The Bertz CT molecular complexity index is 599. The summed E-state index contributed by atoms with van der Waals surface area (Å²) in [6.45, 7) is 3.97. The first-order valence-electron chi connectivity index (χ1n) is 7.44. The van der Waals surface area contributed by atoms with E-state index in [1.165, 1.54) is 12.1 Å². The maximum atomic E-state index is 13.1. The smallest absolute Gasteiger partial charge is 0.191 e. The number of guanidine groups is 1. The largest absolute Gasteiger partial charge is 0.357 e. The molecule has 0 aliphatic rings. The van der Waals surface area contributed by atoms with Crippen LogP contribution in [0.1, 0.15) is 18.2 Å². The van der Waals surface area contributed by atoms with E-state index in [4.69, 9.17) is 0 Å². The molecule has 2 rings (SSSR count). The number of nitrogens with one attached hydrogen (secondary N) is 2. The summed E-state index contributed by atoms with van der Waals surface area (Å²) in [5.41, 5.74) is 1.89. The van der Waals surface area contributed by atoms with E-state index in [-0.39, 0.29) is 5.82 Å². The highest BCUT2D eigenvalue weighted by Gasteiger charge is 1.99. The molecule has 1 aromatic heterocycles. The van der Waals surface area contributed by atoms with Crippen LogP contribution in [0.4, 0.5) is 4.39 Å². The fourth-order valence-corrected chi connectivity index (χ4v) is 2.00. The van der Waals surface area contributed by atoms with Crippen molar-refractivity contribution in [1.82, 2.24) is 15.6 Å². The van der Waals surface area contributed by atoms with Gasteiger partial charge in [0.15, 0.2) is 5.96 Å². The summed E-state index contributed by atoms with van der Waals surface area (Å²) in [7, 11) is 0. The zero-order chi connectivity index (χ0) is 15.6. The molecular weight excluding hydrogens is 279 g/mol. The maximum absolute atomic E-state index is 13.1. The van der Waals surface area contributed by atoms with Crippen LogP contribution in [0.5, 0.6) is 0 Å². The highest BCUT2D eigenvalue weighted by molar-refractivity contribution is 5.79. The Morgan fingerprint density at radius 3 is 2.82 bits per heavy atom. The summed E-state index contributed by atoms with van der Waals surface area (Å²) in [6.07, 6.45) is 2.61. The number of hydrogen-bond acceptors (Lipinski definition) is 2. The molecule has 0 aliphatic heterocycles. The predicted molar refractivity (Wildman–Crippen MR) is 87.2 cm³/mol. The molecule has 4 nitrogen and oxygen atoms in total. The Labute approximate surface area is 130 Å². The molecule has 0 atom stereocenters. The van der Waals surface area contributed by atoms with Crippen molar-refractivity contribution >= 4 is 5.96 Å². The highest BCUT2D eigenvalue weighted by atomic mass is 19.1. The maximum Gasteiger partial charge on any atom is 0.191 e. The van der Waals surface area contributed by atoms with Gasteiger partial charge < -0.3 is 10.6 Å². The molecule has 0 aliphatic carbocycles. The van der Waals surface area contributed by atoms with Gasteiger partial charge in [-0.25, -0.2) is 9.38 Å². The number of benzene rings is 1. The van der Waals surface area contributed by atoms with Gasteiger partial charge >= 0.3 is 0 Å². The Hall–Kier alpha value is -2.43. The van der Waals surface area contributed by atoms with Gasteiger partial charge in [-0.2, -0.15) is 0 Å². The van der Waals surface area contributed by atoms with Gasteiger partial charge in [0, 0.05) is 31.4 Å². The second-order valence-electron chi connectivity index (χ2n) is 4.82. The number of aromatic nitrogens is 1. The zero-order valence-corrected chi connectivity index (χ0v) is 12.7. The molecule has 0 radical (unpaired) electrons. The molecule has 1 heterocycles. The molecule has 2 N–H and O–H groups in total. The van der Waals surface area contributed by atoms with Gasteiger partial charge in [0.1, 0.15) is 5.82 Å². The normalized spacial score (nSPS) is 11.3. The topological polar surface area (TPSA) is 49.3 Å². The number of nitrogens with zero attached hydrogens (tertiary/aromatic N) is 2. The molecule has 0 bridgehead atoms. The van der Waals surface area contributed by atoms with Crippen LogP contribution in [0.2, 0.25) is 0 Å². The van der Waals surface area contributed by atoms with Gasteiger partial charge in [0.2, 0.25) is 0 Å². The molecule has 22 heavy (non-hydrogen) atoms. The third-order valence-electron chi connectivity index (χ3n) is 3.05. The van der Waals surface area contributed by atoms with E-state index < -0.39 is 0 Å². The summed E-state index contributed by atoms with van der Waals surface area (Å²) in [5.74, 6) is 0.489. The van der Waals surface area contributed by atoms with E-state index >= 15 is 0 Å². The van der Waals surface area contributed by atoms with Crippen molar-refractivity contribution in [3.05, 3.63) is 65.7 Å². The number of halogens is 1. The van der Waals surface area contributed by atoms with Crippen molar-refractivity contribution in [2.24, 2.45) is 4.99 Å². The van der Waals surface area contributed by atoms with Crippen LogP contribution in [0, 0.1) is 5.82 Å². The summed E-state index contributed by atoms with van der Waals surface area (Å²) in [5, 5.41) is 6.44. The van der Waals surface area contributed by atoms with E-state index in [9.17, 15) is 4.39 Å². The zero-order valence-electron chi connectivity index (χ0n) is 12.7. The van der Waals surface area contributed by atoms with Gasteiger partial charge in [-0.05, 0) is 36.8 Å². The molecule has 0 amide bonds. The first kappa shape index (κ1) is 15.9. The van der Waals surface area contributed by atoms with Crippen LogP contribution in [-0.4, -0.2) is 24.0 Å². The van der Waals surface area contributed by atoms with E-state index in [1.807, 2.05) is 31.2 Å². The second kappa shape index (κ2) is 8.77. The Kier molecular flexibility index (Phi) is 6.36. The molecule has 2 aromatic rings. The van der Waals surface area contributed by atoms with Gasteiger partial charge in [0.25, 0.3) is 0 Å². The lowest BCUT2D eigenvalue weighted by molar-refractivity contribution is 0.625. The first-order chi connectivity index (χ1) is 10.8. The Morgan fingerprint density at radius 2 is 2.09 bits per heavy atom. The number of hydrogen-bond donors (Lipinski definition) is 2. The van der Waals surface area contributed by atoms with Crippen LogP contribution in [0.3, 0.4) is 0 Å². The third-order valence-corrected chi connectivity index (χ3v) is 3.05. The molecular formula is C17H21FN4. The lowest BCUT2D eigenvalue weighted by Crippen LogP contribution is -2.38. The quantitative estimate of drug-likeness (QED) is 0.636. The van der Waals surface area contributed by atoms with E-state index in [0.717, 1.165) is 36.7 Å². The Balaban J connectivity index is 1.87. The van der Waals surface area contributed by atoms with Gasteiger partial charge in [-0.3, -0.25) is 4.98 Å². The average molecular weight is 300 g/mol. The van der Waals surface area contributed by atoms with Crippen molar-refractivity contribution in [2.45, 2.75) is 19.9 Å². The summed E-state index contributed by atoms with van der Waals surface area (Å²) in [6, 6.07) is 12.4. The predicted octanol–water partition coefficient (Wildman–Crippen LogP) is 2.52. The highest BCUT2D eigenvalue weighted by Crippen LogP contribution is 2.04. The lowest BCUT2D eigenvalue weighted by Gasteiger charge is -2.11. The lowest BCUT2D eigenvalue weighted by atomic mass is 10.2. The monoisotopic (exact) mass is 300 g/mol. The molecule has 0 spiro atoms. The summed E-state index contributed by atoms with van der Waals surface area (Å²) < 4.78 is 13.1. The van der Waals surface area contributed by atoms with Crippen molar-refractivity contribution in [2.75, 3.05) is 13.1 Å². The van der Waals surface area contributed by atoms with Gasteiger partial charge in [-0.1, -0.05) is 18.2 Å². The minimum atomic E-state index is -0.235. The fraction of sp³-hybridized carbons (Fsp3) is 0.294. The third kappa shape index (κ3) is 5.52. The van der Waals surface area contributed by atoms with E-state index in [2.05, 4.69) is 20.6 Å². The molecule has 0 fully saturated rings. The van der Waals surface area contributed by atoms with Crippen LogP contribution < -0.4 is 10.6 Å². The summed E-state index contributed by atoms with van der Waals surface area (Å²) in [4.78, 5) is 8.75. The van der Waals surface area contributed by atoms with E-state index in [1.54, 1.807) is 12.3 Å². The SMILES string of the molecule is CCNC(=NCc1cccc(F)c1)NCCc1ccccn1. The van der Waals surface area contributed by atoms with Crippen LogP contribution >= 0.6 is 0 Å². The van der Waals surface area contributed by atoms with Crippen LogP contribution in [0.25, 0.3) is 0 Å². The summed E-state index contributed by atoms with van der Waals surface area (Å²) >= 11 is 0. The van der Waals surface area contributed by atoms with Crippen LogP contribution in [0.15, 0.2) is 53.7 Å². The van der Waals surface area contributed by atoms with Gasteiger partial charge in [-0.15, -0.1) is 0 Å². The fourth-order valence-electron chi connectivity index (χ4n) is 2.00. The molecule has 5 heteroatoms. The number of pyridine rings is 1. The molecule has 0 saturated heterocycles. The molecule has 116 valence electrons. The van der Waals surface area contributed by atoms with Crippen LogP contribution in [-0.2, 0) is 13.0 Å². The van der Waals surface area contributed by atoms with Crippen molar-refractivity contribution in [3.63, 3.8) is 0 Å². The molecule has 0 saturated carbocycles. The van der Waals surface area contributed by atoms with E-state index in [0.29, 0.717) is 6.54 Å². The van der Waals surface area contributed by atoms with Crippen molar-refractivity contribution in [3.8, 4) is 0 Å². The van der Waals surface area contributed by atoms with Crippen molar-refractivity contribution in [1.29, 1.82) is 0 Å². The van der Waals surface area contributed by atoms with Gasteiger partial charge in [0.05, 0.1) is 6.54 Å². The molecule has 0 unspecified atom stereocenters. The standard InChI is InChI=1S/C17H21FN4/c1-2-19-17(21-11-9-16-8-3-4-10-20-16)22-13-14-6-5-7-15(18)12-14/h3-8,10,12H,2,9,11,13H2,1H3,(H2,19,21,22). The number of aliphatic imine (C=N–C) groups is 1. The minimum absolute atomic E-state index is 0.235. The first-order valence-corrected chi connectivity index (χ1v) is 7.44. The molecule has 1 aromatic carbocycles. The van der Waals surface area contributed by atoms with Crippen molar-refractivity contribution < 1.29 is 4.39 Å². The average Bonchev–Trinajstić information content (AvgIpc) is 2.54. The Morgan fingerprint density at radius 1 is 1.18 bits per heavy atom. The number of rotatable bonds is 6.